The largest absolute Gasteiger partial charge is 0.450 e. The summed E-state index contributed by atoms with van der Waals surface area (Å²) in [4.78, 5) is 29.1. The number of carbonyl (C=O) groups excluding carboxylic acids is 2. The van der Waals surface area contributed by atoms with E-state index in [0.717, 1.165) is 11.8 Å². The summed E-state index contributed by atoms with van der Waals surface area (Å²) in [5.74, 6) is 0.401. The van der Waals surface area contributed by atoms with Crippen LogP contribution in [-0.2, 0) is 9.53 Å². The van der Waals surface area contributed by atoms with Crippen LogP contribution in [0.2, 0.25) is 0 Å². The Bertz CT molecular complexity index is 855. The number of hydrogen-bond donors (Lipinski definition) is 2. The maximum absolute atomic E-state index is 11.6. The van der Waals surface area contributed by atoms with Crippen LogP contribution in [0.15, 0.2) is 51.8 Å². The van der Waals surface area contributed by atoms with Crippen molar-refractivity contribution in [2.24, 2.45) is 10.1 Å². The monoisotopic (exact) mass is 369 g/mol. The van der Waals surface area contributed by atoms with E-state index < -0.39 is 6.09 Å². The molecule has 1 aliphatic heterocycles. The molecular weight excluding hydrogens is 346 g/mol. The molecule has 0 unspecified atom stereocenters. The van der Waals surface area contributed by atoms with Crippen LogP contribution in [0.4, 0.5) is 16.2 Å². The zero-order valence-electron chi connectivity index (χ0n) is 15.9. The number of allylic oxidation sites excluding steroid dienone is 3. The molecular formula is C19H23N5O3. The molecule has 1 aliphatic rings. The molecule has 0 spiro atoms. The van der Waals surface area contributed by atoms with Crippen LogP contribution in [0.5, 0.6) is 0 Å². The normalized spacial score (nSPS) is 15.9. The minimum Gasteiger partial charge on any atom is -0.450 e. The van der Waals surface area contributed by atoms with Crippen molar-refractivity contribution in [2.75, 3.05) is 11.9 Å². The van der Waals surface area contributed by atoms with Crippen molar-refractivity contribution in [3.05, 3.63) is 47.3 Å². The van der Waals surface area contributed by atoms with Crippen molar-refractivity contribution >= 4 is 35.9 Å². The third kappa shape index (κ3) is 4.81. The van der Waals surface area contributed by atoms with E-state index in [1.807, 2.05) is 13.0 Å². The van der Waals surface area contributed by atoms with Gasteiger partial charge in [-0.3, -0.25) is 15.0 Å². The highest BCUT2D eigenvalue weighted by atomic mass is 16.5. The molecule has 2 N–H and O–H groups in total. The molecule has 8 heteroatoms. The van der Waals surface area contributed by atoms with Gasteiger partial charge in [0.2, 0.25) is 5.96 Å². The summed E-state index contributed by atoms with van der Waals surface area (Å²) in [7, 11) is 0. The lowest BCUT2D eigenvalue weighted by atomic mass is 10.2. The summed E-state index contributed by atoms with van der Waals surface area (Å²) in [5.41, 5.74) is 6.72. The van der Waals surface area contributed by atoms with Gasteiger partial charge in [-0.15, -0.1) is 0 Å². The summed E-state index contributed by atoms with van der Waals surface area (Å²) in [6.45, 7) is 11.4. The molecule has 142 valence electrons. The van der Waals surface area contributed by atoms with E-state index in [-0.39, 0.29) is 6.61 Å². The maximum atomic E-state index is 11.6. The Hall–Kier alpha value is -3.42. The third-order valence-corrected chi connectivity index (χ3v) is 3.92. The summed E-state index contributed by atoms with van der Waals surface area (Å²) in [6, 6.07) is 5.33. The Balaban J connectivity index is 2.43. The fraction of sp³-hybridized carbons (Fsp3) is 0.263. The van der Waals surface area contributed by atoms with Crippen LogP contribution in [0.3, 0.4) is 0 Å². The maximum Gasteiger partial charge on any atom is 0.411 e. The molecule has 0 aromatic heterocycles. The van der Waals surface area contributed by atoms with E-state index in [2.05, 4.69) is 27.4 Å². The van der Waals surface area contributed by atoms with Gasteiger partial charge in [-0.1, -0.05) is 12.6 Å². The molecule has 1 amide bonds. The number of anilines is 1. The first kappa shape index (κ1) is 19.9. The quantitative estimate of drug-likeness (QED) is 0.612. The average Bonchev–Trinajstić information content (AvgIpc) is 2.63. The van der Waals surface area contributed by atoms with Crippen molar-refractivity contribution in [1.82, 2.24) is 10.3 Å². The highest BCUT2D eigenvalue weighted by molar-refractivity contribution is 5.96. The highest BCUT2D eigenvalue weighted by Gasteiger charge is 2.21. The second-order valence-electron chi connectivity index (χ2n) is 5.87. The molecule has 0 fully saturated rings. The number of nitrogens with one attached hydrogen (secondary N) is 2. The van der Waals surface area contributed by atoms with Gasteiger partial charge in [-0.2, -0.15) is 5.10 Å². The summed E-state index contributed by atoms with van der Waals surface area (Å²) in [6.07, 6.45) is 1.79. The van der Waals surface area contributed by atoms with Crippen molar-refractivity contribution in [3.63, 3.8) is 0 Å². The number of rotatable bonds is 5. The van der Waals surface area contributed by atoms with E-state index in [0.29, 0.717) is 34.3 Å². The number of carbonyl (C=O) groups is 2. The predicted octanol–water partition coefficient (Wildman–Crippen LogP) is 3.45. The Labute approximate surface area is 158 Å². The topological polar surface area (TPSA) is 95.4 Å². The lowest BCUT2D eigenvalue weighted by Crippen LogP contribution is -2.41. The predicted molar refractivity (Wildman–Crippen MR) is 106 cm³/mol. The highest BCUT2D eigenvalue weighted by Crippen LogP contribution is 2.25. The fourth-order valence-electron chi connectivity index (χ4n) is 2.33. The number of nitrogens with zero attached hydrogens (tertiary/aromatic N) is 3. The van der Waals surface area contributed by atoms with E-state index in [1.54, 1.807) is 44.0 Å². The molecule has 0 aliphatic carbocycles. The van der Waals surface area contributed by atoms with Crippen LogP contribution in [0, 0.1) is 6.92 Å². The number of aliphatic imine (C=N–C) groups is 1. The van der Waals surface area contributed by atoms with Gasteiger partial charge in [0.05, 0.1) is 24.2 Å². The number of benzene rings is 1. The number of amides is 1. The lowest BCUT2D eigenvalue weighted by molar-refractivity contribution is -0.104. The van der Waals surface area contributed by atoms with Gasteiger partial charge in [-0.25, -0.2) is 15.2 Å². The van der Waals surface area contributed by atoms with E-state index in [4.69, 9.17) is 4.74 Å². The molecule has 1 aromatic carbocycles. The van der Waals surface area contributed by atoms with E-state index >= 15 is 0 Å². The first-order valence-corrected chi connectivity index (χ1v) is 8.41. The van der Waals surface area contributed by atoms with Gasteiger partial charge in [0.1, 0.15) is 6.29 Å². The zero-order valence-corrected chi connectivity index (χ0v) is 15.9. The van der Waals surface area contributed by atoms with Crippen LogP contribution < -0.4 is 10.7 Å². The third-order valence-electron chi connectivity index (χ3n) is 3.92. The van der Waals surface area contributed by atoms with Gasteiger partial charge < -0.3 is 4.74 Å². The molecule has 1 aromatic rings. The van der Waals surface area contributed by atoms with Gasteiger partial charge in [0.15, 0.2) is 0 Å². The minimum atomic E-state index is -0.532. The summed E-state index contributed by atoms with van der Waals surface area (Å²) < 4.78 is 4.89. The van der Waals surface area contributed by atoms with Gasteiger partial charge in [0, 0.05) is 17.0 Å². The molecule has 2 rings (SSSR count). The first-order chi connectivity index (χ1) is 12.9. The first-order valence-electron chi connectivity index (χ1n) is 8.41. The molecule has 27 heavy (non-hydrogen) atoms. The number of aryl methyl sites for hydroxylation is 1. The molecule has 0 saturated carbocycles. The van der Waals surface area contributed by atoms with Gasteiger partial charge in [0.25, 0.3) is 0 Å². The van der Waals surface area contributed by atoms with Crippen LogP contribution >= 0.6 is 0 Å². The second-order valence-corrected chi connectivity index (χ2v) is 5.87. The fourth-order valence-corrected chi connectivity index (χ4v) is 2.33. The van der Waals surface area contributed by atoms with E-state index in [9.17, 15) is 9.59 Å². The molecule has 1 heterocycles. The summed E-state index contributed by atoms with van der Waals surface area (Å²) in [5, 5.41) is 6.68. The lowest BCUT2D eigenvalue weighted by Gasteiger charge is -2.29. The van der Waals surface area contributed by atoms with Crippen LogP contribution in [0.25, 0.3) is 0 Å². The smallest absolute Gasteiger partial charge is 0.411 e. The Kier molecular flexibility index (Phi) is 6.48. The van der Waals surface area contributed by atoms with Gasteiger partial charge in [-0.05, 0) is 45.4 Å². The number of guanidine groups is 1. The van der Waals surface area contributed by atoms with Crippen molar-refractivity contribution in [3.8, 4) is 0 Å². The Morgan fingerprint density at radius 2 is 2.19 bits per heavy atom. The molecule has 0 saturated heterocycles. The standard InChI is InChI=1S/C19H23N5O3/c1-6-27-19(26)21-16-8-7-12(2)17(9-16)22-18-23-20-10-14(4)24(18)15(5)13(3)11-25/h7-11H,4,6H2,1-3,5H3,(H,21,26)(H,22,23)/b15-13+. The van der Waals surface area contributed by atoms with Crippen LogP contribution in [-0.4, -0.2) is 36.1 Å². The molecule has 8 nitrogen and oxygen atoms in total. The SMILES string of the molecule is C=C1C=NNC(=Nc2cc(NC(=O)OCC)ccc2C)N1/C(C)=C(\C)C=O. The number of hydrogen-bond acceptors (Lipinski definition) is 5. The molecule has 0 atom stereocenters. The number of ether oxygens (including phenoxy) is 1. The summed E-state index contributed by atoms with van der Waals surface area (Å²) >= 11 is 0. The minimum absolute atomic E-state index is 0.285. The van der Waals surface area contributed by atoms with Crippen LogP contribution in [0.1, 0.15) is 26.3 Å². The number of hydrazone groups is 1. The molecule has 0 bridgehead atoms. The second kappa shape index (κ2) is 8.79. The Morgan fingerprint density at radius 1 is 1.44 bits per heavy atom. The zero-order chi connectivity index (χ0) is 20.0. The number of aldehydes is 1. The van der Waals surface area contributed by atoms with Crippen molar-refractivity contribution in [1.29, 1.82) is 0 Å². The van der Waals surface area contributed by atoms with E-state index in [1.165, 1.54) is 0 Å². The average molecular weight is 369 g/mol. The van der Waals surface area contributed by atoms with Crippen molar-refractivity contribution < 1.29 is 14.3 Å². The van der Waals surface area contributed by atoms with Crippen molar-refractivity contribution in [2.45, 2.75) is 27.7 Å². The molecule has 0 radical (unpaired) electrons. The van der Waals surface area contributed by atoms with Gasteiger partial charge >= 0.3 is 6.09 Å². The Morgan fingerprint density at radius 3 is 2.85 bits per heavy atom.